The minimum atomic E-state index is -3.53. The Kier molecular flexibility index (Phi) is 5.43. The summed E-state index contributed by atoms with van der Waals surface area (Å²) in [6, 6.07) is 1.46. The molecule has 0 saturated carbocycles. The van der Waals surface area contributed by atoms with Gasteiger partial charge in [-0.3, -0.25) is 0 Å². The van der Waals surface area contributed by atoms with Crippen LogP contribution in [0.25, 0.3) is 0 Å². The van der Waals surface area contributed by atoms with E-state index >= 15 is 0 Å². The van der Waals surface area contributed by atoms with E-state index in [1.165, 1.54) is 4.31 Å². The number of hydrogen-bond acceptors (Lipinski definition) is 4. The highest BCUT2D eigenvalue weighted by atomic mass is 32.2. The van der Waals surface area contributed by atoms with Gasteiger partial charge < -0.3 is 14.4 Å². The number of ether oxygens (including phenoxy) is 1. The van der Waals surface area contributed by atoms with Crippen molar-refractivity contribution in [3.8, 4) is 0 Å². The monoisotopic (exact) mass is 316 g/mol. The van der Waals surface area contributed by atoms with Crippen molar-refractivity contribution in [1.29, 1.82) is 0 Å². The highest BCUT2D eigenvalue weighted by Crippen LogP contribution is 2.24. The molecule has 120 valence electrons. The van der Waals surface area contributed by atoms with Crippen molar-refractivity contribution in [2.24, 2.45) is 0 Å². The van der Waals surface area contributed by atoms with Crippen molar-refractivity contribution >= 4 is 10.0 Å². The quantitative estimate of drug-likeness (QED) is 0.856. The fourth-order valence-electron chi connectivity index (χ4n) is 2.66. The molecule has 21 heavy (non-hydrogen) atoms. The third-order valence-corrected chi connectivity index (χ3v) is 5.76. The van der Waals surface area contributed by atoms with Gasteiger partial charge >= 0.3 is 0 Å². The third kappa shape index (κ3) is 3.31. The molecule has 2 rings (SSSR count). The van der Waals surface area contributed by atoms with Gasteiger partial charge in [0.1, 0.15) is 4.90 Å². The first-order chi connectivity index (χ1) is 10.0. The first kappa shape index (κ1) is 16.5. The highest BCUT2D eigenvalue weighted by molar-refractivity contribution is 7.89. The Morgan fingerprint density at radius 1 is 1.43 bits per heavy atom. The number of rotatable bonds is 6. The van der Waals surface area contributed by atoms with Crippen LogP contribution in [0.3, 0.4) is 0 Å². The van der Waals surface area contributed by atoms with Gasteiger partial charge in [-0.05, 0) is 18.9 Å². The Labute approximate surface area is 126 Å². The molecular formula is C14H24N2O4S. The normalized spacial score (nSPS) is 20.8. The minimum Gasteiger partial charge on any atom is -0.390 e. The van der Waals surface area contributed by atoms with Gasteiger partial charge in [-0.1, -0.05) is 13.8 Å². The van der Waals surface area contributed by atoms with Crippen molar-refractivity contribution in [2.75, 3.05) is 19.8 Å². The zero-order chi connectivity index (χ0) is 15.5. The van der Waals surface area contributed by atoms with Crippen LogP contribution in [0.4, 0.5) is 0 Å². The minimum absolute atomic E-state index is 0.115. The molecule has 1 atom stereocenters. The molecule has 1 fully saturated rings. The van der Waals surface area contributed by atoms with E-state index in [0.29, 0.717) is 32.0 Å². The summed E-state index contributed by atoms with van der Waals surface area (Å²) in [7, 11) is -3.53. The second kappa shape index (κ2) is 6.91. The molecule has 1 unspecified atom stereocenters. The summed E-state index contributed by atoms with van der Waals surface area (Å²) in [4.78, 5) is 0.264. The Morgan fingerprint density at radius 2 is 2.19 bits per heavy atom. The fraction of sp³-hybridized carbons (Fsp3) is 0.714. The first-order valence-corrected chi connectivity index (χ1v) is 8.88. The molecule has 1 aromatic heterocycles. The number of sulfonamides is 1. The SMILES string of the molecule is CCCn1cc(S(=O)(=O)N2CCOCC2CC)cc1CO. The number of aromatic nitrogens is 1. The molecule has 0 amide bonds. The van der Waals surface area contributed by atoms with Crippen molar-refractivity contribution in [1.82, 2.24) is 8.87 Å². The maximum absolute atomic E-state index is 12.8. The summed E-state index contributed by atoms with van der Waals surface area (Å²) >= 11 is 0. The molecule has 2 heterocycles. The van der Waals surface area contributed by atoms with E-state index in [2.05, 4.69) is 0 Å². The molecule has 7 heteroatoms. The number of morpholine rings is 1. The van der Waals surface area contributed by atoms with Crippen molar-refractivity contribution in [3.05, 3.63) is 18.0 Å². The molecule has 0 aliphatic carbocycles. The van der Waals surface area contributed by atoms with Gasteiger partial charge in [-0.15, -0.1) is 0 Å². The number of hydrogen-bond donors (Lipinski definition) is 1. The molecule has 6 nitrogen and oxygen atoms in total. The van der Waals surface area contributed by atoms with Crippen LogP contribution in [0.5, 0.6) is 0 Å². The van der Waals surface area contributed by atoms with E-state index in [1.54, 1.807) is 12.3 Å². The fourth-order valence-corrected chi connectivity index (χ4v) is 4.39. The van der Waals surface area contributed by atoms with Gasteiger partial charge in [-0.25, -0.2) is 8.42 Å². The average Bonchev–Trinajstić information content (AvgIpc) is 2.91. The topological polar surface area (TPSA) is 71.8 Å². The number of aliphatic hydroxyl groups excluding tert-OH is 1. The second-order valence-electron chi connectivity index (χ2n) is 5.27. The van der Waals surface area contributed by atoms with E-state index in [9.17, 15) is 13.5 Å². The van der Waals surface area contributed by atoms with Crippen LogP contribution >= 0.6 is 0 Å². The number of aliphatic hydroxyl groups is 1. The van der Waals surface area contributed by atoms with Gasteiger partial charge in [0.15, 0.2) is 0 Å². The van der Waals surface area contributed by atoms with Gasteiger partial charge in [0.25, 0.3) is 0 Å². The van der Waals surface area contributed by atoms with Gasteiger partial charge in [-0.2, -0.15) is 4.31 Å². The molecule has 0 radical (unpaired) electrons. The van der Waals surface area contributed by atoms with E-state index < -0.39 is 10.0 Å². The molecule has 0 aromatic carbocycles. The van der Waals surface area contributed by atoms with E-state index in [1.807, 2.05) is 18.4 Å². The number of aryl methyl sites for hydroxylation is 1. The van der Waals surface area contributed by atoms with E-state index in [4.69, 9.17) is 4.74 Å². The predicted molar refractivity (Wildman–Crippen MR) is 79.4 cm³/mol. The lowest BCUT2D eigenvalue weighted by Gasteiger charge is -2.33. The van der Waals surface area contributed by atoms with Crippen LogP contribution in [-0.2, 0) is 27.9 Å². The largest absolute Gasteiger partial charge is 0.390 e. The smallest absolute Gasteiger partial charge is 0.245 e. The summed E-state index contributed by atoms with van der Waals surface area (Å²) < 4.78 is 34.4. The zero-order valence-electron chi connectivity index (χ0n) is 12.7. The maximum atomic E-state index is 12.8. The Morgan fingerprint density at radius 3 is 2.81 bits per heavy atom. The second-order valence-corrected chi connectivity index (χ2v) is 7.16. The number of nitrogens with zero attached hydrogens (tertiary/aromatic N) is 2. The maximum Gasteiger partial charge on any atom is 0.245 e. The first-order valence-electron chi connectivity index (χ1n) is 7.44. The van der Waals surface area contributed by atoms with E-state index in [0.717, 1.165) is 12.8 Å². The molecule has 1 aliphatic heterocycles. The van der Waals surface area contributed by atoms with Gasteiger partial charge in [0, 0.05) is 31.0 Å². The predicted octanol–water partition coefficient (Wildman–Crippen LogP) is 1.19. The lowest BCUT2D eigenvalue weighted by atomic mass is 10.2. The molecule has 0 bridgehead atoms. The van der Waals surface area contributed by atoms with Crippen LogP contribution in [0.2, 0.25) is 0 Å². The van der Waals surface area contributed by atoms with Crippen LogP contribution in [0, 0.1) is 0 Å². The lowest BCUT2D eigenvalue weighted by molar-refractivity contribution is 0.0314. The Balaban J connectivity index is 2.34. The highest BCUT2D eigenvalue weighted by Gasteiger charge is 2.34. The summed E-state index contributed by atoms with van der Waals surface area (Å²) in [6.07, 6.45) is 3.24. The standard InChI is InChI=1S/C14H24N2O4S/c1-3-5-15-9-14(8-13(15)10-17)21(18,19)16-6-7-20-11-12(16)4-2/h8-9,12,17H,3-7,10-11H2,1-2H3. The van der Waals surface area contributed by atoms with Gasteiger partial charge in [0.2, 0.25) is 10.0 Å². The van der Waals surface area contributed by atoms with Crippen LogP contribution in [0.15, 0.2) is 17.2 Å². The zero-order valence-corrected chi connectivity index (χ0v) is 13.5. The van der Waals surface area contributed by atoms with Crippen LogP contribution < -0.4 is 0 Å². The summed E-state index contributed by atoms with van der Waals surface area (Å²) in [5.74, 6) is 0. The molecule has 1 aliphatic rings. The van der Waals surface area contributed by atoms with Crippen molar-refractivity contribution in [3.63, 3.8) is 0 Å². The Hall–Kier alpha value is -0.890. The van der Waals surface area contributed by atoms with Crippen LogP contribution in [0.1, 0.15) is 32.4 Å². The molecule has 1 saturated heterocycles. The summed E-state index contributed by atoms with van der Waals surface area (Å²) in [5, 5.41) is 9.38. The van der Waals surface area contributed by atoms with E-state index in [-0.39, 0.29) is 17.5 Å². The molecular weight excluding hydrogens is 292 g/mol. The summed E-state index contributed by atoms with van der Waals surface area (Å²) in [5.41, 5.74) is 0.636. The third-order valence-electron chi connectivity index (χ3n) is 3.84. The molecule has 0 spiro atoms. The van der Waals surface area contributed by atoms with Crippen molar-refractivity contribution < 1.29 is 18.3 Å². The van der Waals surface area contributed by atoms with Crippen LogP contribution in [-0.4, -0.2) is 48.2 Å². The Bertz CT molecular complexity index is 568. The molecule has 1 N–H and O–H groups in total. The lowest BCUT2D eigenvalue weighted by Crippen LogP contribution is -2.48. The summed E-state index contributed by atoms with van der Waals surface area (Å²) in [6.45, 7) is 5.78. The van der Waals surface area contributed by atoms with Crippen molar-refractivity contribution in [2.45, 2.75) is 50.8 Å². The molecule has 1 aromatic rings. The average molecular weight is 316 g/mol. The van der Waals surface area contributed by atoms with Gasteiger partial charge in [0.05, 0.1) is 19.8 Å².